The Kier molecular flexibility index (Phi) is 4.37. The van der Waals surface area contributed by atoms with Crippen molar-refractivity contribution in [1.82, 2.24) is 9.55 Å². The number of nitrogens with zero attached hydrogens (tertiary/aromatic N) is 4. The molecule has 2 aliphatic rings. The molecule has 3 heterocycles. The monoisotopic (exact) mass is 308 g/mol. The van der Waals surface area contributed by atoms with E-state index in [2.05, 4.69) is 16.0 Å². The fraction of sp³-hybridized carbons (Fsp3) is 0.733. The second-order valence-electron chi connectivity index (χ2n) is 6.00. The van der Waals surface area contributed by atoms with E-state index in [4.69, 9.17) is 21.6 Å². The maximum absolute atomic E-state index is 9.10. The summed E-state index contributed by atoms with van der Waals surface area (Å²) < 4.78 is 7.26. The summed E-state index contributed by atoms with van der Waals surface area (Å²) in [6, 6.07) is 2.11. The summed E-state index contributed by atoms with van der Waals surface area (Å²) in [5.41, 5.74) is 0.443. The molecule has 114 valence electrons. The van der Waals surface area contributed by atoms with E-state index >= 15 is 0 Å². The van der Waals surface area contributed by atoms with Gasteiger partial charge in [-0.15, -0.1) is 0 Å². The molecule has 1 aromatic heterocycles. The molecule has 0 atom stereocenters. The smallest absolute Gasteiger partial charge is 0.207 e. The Morgan fingerprint density at radius 2 is 1.81 bits per heavy atom. The third-order valence-corrected chi connectivity index (χ3v) is 5.15. The van der Waals surface area contributed by atoms with Crippen LogP contribution >= 0.6 is 11.6 Å². The van der Waals surface area contributed by atoms with E-state index in [1.54, 1.807) is 4.57 Å². The number of aromatic nitrogens is 2. The first-order chi connectivity index (χ1) is 10.2. The van der Waals surface area contributed by atoms with Gasteiger partial charge in [-0.25, -0.2) is 0 Å². The van der Waals surface area contributed by atoms with E-state index in [0.717, 1.165) is 44.1 Å². The van der Waals surface area contributed by atoms with E-state index in [-0.39, 0.29) is 0 Å². The van der Waals surface area contributed by atoms with Crippen molar-refractivity contribution >= 4 is 17.5 Å². The number of anilines is 1. The Morgan fingerprint density at radius 3 is 2.38 bits per heavy atom. The van der Waals surface area contributed by atoms with Gasteiger partial charge in [0.25, 0.3) is 0 Å². The lowest BCUT2D eigenvalue weighted by Crippen LogP contribution is -2.38. The number of imidazole rings is 1. The van der Waals surface area contributed by atoms with Crippen molar-refractivity contribution in [1.29, 1.82) is 5.26 Å². The van der Waals surface area contributed by atoms with E-state index in [0.29, 0.717) is 10.8 Å². The molecule has 2 saturated heterocycles. The predicted octanol–water partition coefficient (Wildman–Crippen LogP) is 2.59. The minimum Gasteiger partial charge on any atom is -0.381 e. The van der Waals surface area contributed by atoms with Crippen molar-refractivity contribution in [3.8, 4) is 6.07 Å². The summed E-state index contributed by atoms with van der Waals surface area (Å²) in [7, 11) is 1.86. The Bertz CT molecular complexity index is 537. The largest absolute Gasteiger partial charge is 0.381 e. The molecule has 0 aromatic carbocycles. The SMILES string of the molecule is Cn1c(N2CCC(C3CCOCC3)CC2)nc(Cl)c1C#N. The highest BCUT2D eigenvalue weighted by Gasteiger charge is 2.29. The Hall–Kier alpha value is -1.25. The van der Waals surface area contributed by atoms with Gasteiger partial charge in [-0.1, -0.05) is 11.6 Å². The molecule has 0 unspecified atom stereocenters. The summed E-state index contributed by atoms with van der Waals surface area (Å²) in [5, 5.41) is 9.40. The quantitative estimate of drug-likeness (QED) is 0.842. The van der Waals surface area contributed by atoms with E-state index in [1.165, 1.54) is 25.7 Å². The molecular formula is C15H21ClN4O. The van der Waals surface area contributed by atoms with E-state index in [9.17, 15) is 0 Å². The number of hydrogen-bond acceptors (Lipinski definition) is 4. The second kappa shape index (κ2) is 6.25. The Morgan fingerprint density at radius 1 is 1.19 bits per heavy atom. The predicted molar refractivity (Wildman–Crippen MR) is 81.4 cm³/mol. The van der Waals surface area contributed by atoms with Crippen LogP contribution < -0.4 is 4.90 Å². The highest BCUT2D eigenvalue weighted by atomic mass is 35.5. The maximum Gasteiger partial charge on any atom is 0.207 e. The van der Waals surface area contributed by atoms with Crippen LogP contribution in [-0.4, -0.2) is 35.9 Å². The minimum atomic E-state index is 0.307. The van der Waals surface area contributed by atoms with Crippen LogP contribution in [0.1, 0.15) is 31.4 Å². The van der Waals surface area contributed by atoms with Gasteiger partial charge in [0.1, 0.15) is 6.07 Å². The number of hydrogen-bond donors (Lipinski definition) is 0. The highest BCUT2D eigenvalue weighted by Crippen LogP contribution is 2.33. The van der Waals surface area contributed by atoms with Crippen LogP contribution in [0.15, 0.2) is 0 Å². The Labute approximate surface area is 130 Å². The number of rotatable bonds is 2. The van der Waals surface area contributed by atoms with Crippen molar-refractivity contribution in [2.75, 3.05) is 31.2 Å². The first-order valence-corrected chi connectivity index (χ1v) is 8.03. The molecule has 1 aromatic rings. The fourth-order valence-corrected chi connectivity index (χ4v) is 3.86. The summed E-state index contributed by atoms with van der Waals surface area (Å²) in [6.07, 6.45) is 4.79. The minimum absolute atomic E-state index is 0.307. The third-order valence-electron chi connectivity index (χ3n) is 4.89. The van der Waals surface area contributed by atoms with Gasteiger partial charge < -0.3 is 14.2 Å². The van der Waals surface area contributed by atoms with Crippen LogP contribution in [0.3, 0.4) is 0 Å². The van der Waals surface area contributed by atoms with Crippen LogP contribution in [-0.2, 0) is 11.8 Å². The van der Waals surface area contributed by atoms with Crippen LogP contribution in [0.2, 0.25) is 5.15 Å². The molecule has 2 aliphatic heterocycles. The van der Waals surface area contributed by atoms with Gasteiger partial charge in [0, 0.05) is 33.4 Å². The normalized spacial score (nSPS) is 21.5. The number of halogens is 1. The van der Waals surface area contributed by atoms with Gasteiger partial charge in [0.15, 0.2) is 10.8 Å². The van der Waals surface area contributed by atoms with Crippen molar-refractivity contribution < 1.29 is 4.74 Å². The summed E-state index contributed by atoms with van der Waals surface area (Å²) in [6.45, 7) is 3.83. The van der Waals surface area contributed by atoms with E-state index in [1.807, 2.05) is 7.05 Å². The van der Waals surface area contributed by atoms with Gasteiger partial charge >= 0.3 is 0 Å². The molecule has 5 nitrogen and oxygen atoms in total. The zero-order chi connectivity index (χ0) is 14.8. The summed E-state index contributed by atoms with van der Waals surface area (Å²) in [4.78, 5) is 6.61. The lowest BCUT2D eigenvalue weighted by Gasteiger charge is -2.37. The van der Waals surface area contributed by atoms with E-state index < -0.39 is 0 Å². The van der Waals surface area contributed by atoms with Gasteiger partial charge in [0.05, 0.1) is 0 Å². The lowest BCUT2D eigenvalue weighted by atomic mass is 9.80. The zero-order valence-electron chi connectivity index (χ0n) is 12.4. The summed E-state index contributed by atoms with van der Waals surface area (Å²) in [5.74, 6) is 2.44. The molecule has 0 aliphatic carbocycles. The lowest BCUT2D eigenvalue weighted by molar-refractivity contribution is 0.0418. The van der Waals surface area contributed by atoms with Crippen LogP contribution in [0.5, 0.6) is 0 Å². The topological polar surface area (TPSA) is 54.1 Å². The molecule has 2 fully saturated rings. The van der Waals surface area contributed by atoms with Crippen molar-refractivity contribution in [3.05, 3.63) is 10.8 Å². The van der Waals surface area contributed by atoms with Crippen LogP contribution in [0.4, 0.5) is 5.95 Å². The zero-order valence-corrected chi connectivity index (χ0v) is 13.1. The van der Waals surface area contributed by atoms with Crippen LogP contribution in [0.25, 0.3) is 0 Å². The first kappa shape index (κ1) is 14.7. The van der Waals surface area contributed by atoms with Crippen LogP contribution in [0, 0.1) is 23.2 Å². The molecule has 3 rings (SSSR count). The average molecular weight is 309 g/mol. The summed E-state index contributed by atoms with van der Waals surface area (Å²) >= 11 is 6.02. The molecule has 0 bridgehead atoms. The molecule has 0 spiro atoms. The molecule has 21 heavy (non-hydrogen) atoms. The third kappa shape index (κ3) is 2.88. The number of piperidine rings is 1. The molecule has 0 amide bonds. The molecule has 0 N–H and O–H groups in total. The first-order valence-electron chi connectivity index (χ1n) is 7.65. The standard InChI is InChI=1S/C15H21ClN4O/c1-19-13(10-17)14(16)18-15(19)20-6-2-11(3-7-20)12-4-8-21-9-5-12/h11-12H,2-9H2,1H3. The molecule has 6 heteroatoms. The number of nitriles is 1. The van der Waals surface area contributed by atoms with Gasteiger partial charge in [-0.05, 0) is 37.5 Å². The number of ether oxygens (including phenoxy) is 1. The molecular weight excluding hydrogens is 288 g/mol. The molecule has 0 saturated carbocycles. The fourth-order valence-electron chi connectivity index (χ4n) is 3.62. The maximum atomic E-state index is 9.10. The Balaban J connectivity index is 1.64. The van der Waals surface area contributed by atoms with Crippen molar-refractivity contribution in [2.24, 2.45) is 18.9 Å². The second-order valence-corrected chi connectivity index (χ2v) is 6.35. The van der Waals surface area contributed by atoms with Crippen molar-refractivity contribution in [3.63, 3.8) is 0 Å². The highest BCUT2D eigenvalue weighted by molar-refractivity contribution is 6.30. The molecule has 0 radical (unpaired) electrons. The average Bonchev–Trinajstić information content (AvgIpc) is 2.82. The van der Waals surface area contributed by atoms with Gasteiger partial charge in [0.2, 0.25) is 5.95 Å². The van der Waals surface area contributed by atoms with Crippen molar-refractivity contribution in [2.45, 2.75) is 25.7 Å². The van der Waals surface area contributed by atoms with Gasteiger partial charge in [-0.3, -0.25) is 0 Å². The van der Waals surface area contributed by atoms with Gasteiger partial charge in [-0.2, -0.15) is 10.2 Å².